The van der Waals surface area contributed by atoms with Crippen molar-refractivity contribution in [3.05, 3.63) is 42.7 Å². The van der Waals surface area contributed by atoms with Gasteiger partial charge in [0.1, 0.15) is 39.2 Å². The van der Waals surface area contributed by atoms with Crippen molar-refractivity contribution < 1.29 is 32.2 Å². The Balaban J connectivity index is 1.07. The minimum Gasteiger partial charge on any atom is -0.493 e. The zero-order chi connectivity index (χ0) is 38.2. The molecule has 5 rings (SSSR count). The molecule has 3 heterocycles. The van der Waals surface area contributed by atoms with Crippen molar-refractivity contribution in [1.82, 2.24) is 24.8 Å². The predicted molar refractivity (Wildman–Crippen MR) is 206 cm³/mol. The highest BCUT2D eigenvalue weighted by Gasteiger charge is 2.33. The van der Waals surface area contributed by atoms with Crippen LogP contribution in [0.15, 0.2) is 42.7 Å². The number of benzene rings is 1. The van der Waals surface area contributed by atoms with Gasteiger partial charge in [-0.15, -0.1) is 0 Å². The zero-order valence-corrected chi connectivity index (χ0v) is 33.0. The van der Waals surface area contributed by atoms with Crippen LogP contribution in [0.25, 0.3) is 16.7 Å². The number of ether oxygens (including phenoxy) is 3. The number of likely N-dealkylation sites (tertiary alicyclic amines) is 1. The summed E-state index contributed by atoms with van der Waals surface area (Å²) in [7, 11) is -3.02. The van der Waals surface area contributed by atoms with Gasteiger partial charge in [-0.2, -0.15) is 4.98 Å². The maximum absolute atomic E-state index is 13.2. The van der Waals surface area contributed by atoms with Gasteiger partial charge in [0.15, 0.2) is 0 Å². The van der Waals surface area contributed by atoms with Crippen LogP contribution < -0.4 is 15.4 Å². The molecule has 2 atom stereocenters. The molecule has 1 aromatic carbocycles. The summed E-state index contributed by atoms with van der Waals surface area (Å²) in [6.45, 7) is 11.6. The second-order valence-electron chi connectivity index (χ2n) is 15.6. The van der Waals surface area contributed by atoms with E-state index in [0.29, 0.717) is 30.8 Å². The standard InChI is InChI=1S/C39H58N6O7S/c1-7-27(2)36(41-26-35(46)52-39(3,4)5)37(47)51-30-17-21-44(22-18-30)29-14-12-28(13-15-29)42-38-40-20-16-34(43-38)45-23-19-31-32(45)10-8-11-33(31)50-24-9-25-53(6,48)49/h8,10-11,16,19-20,23,27-30,36,41H,7,9,12-15,17-18,21-22,24-26H2,1-6H3,(H,40,42,43)/t27-,28?,29?,36-/m1/s1. The van der Waals surface area contributed by atoms with Gasteiger partial charge >= 0.3 is 11.9 Å². The quantitative estimate of drug-likeness (QED) is 0.144. The molecule has 1 saturated carbocycles. The molecule has 0 amide bonds. The van der Waals surface area contributed by atoms with Crippen molar-refractivity contribution in [2.24, 2.45) is 5.92 Å². The van der Waals surface area contributed by atoms with Crippen LogP contribution in [0.1, 0.15) is 86.0 Å². The summed E-state index contributed by atoms with van der Waals surface area (Å²) < 4.78 is 42.3. The molecule has 0 spiro atoms. The lowest BCUT2D eigenvalue weighted by Crippen LogP contribution is -2.49. The third kappa shape index (κ3) is 11.9. The molecule has 2 aromatic heterocycles. The number of fused-ring (bicyclic) bond motifs is 1. The Morgan fingerprint density at radius 1 is 1.04 bits per heavy atom. The minimum atomic E-state index is -3.02. The number of anilines is 1. The van der Waals surface area contributed by atoms with Crippen LogP contribution in [-0.4, -0.2) is 108 Å². The molecule has 1 aliphatic carbocycles. The fourth-order valence-corrected chi connectivity index (χ4v) is 7.85. The summed E-state index contributed by atoms with van der Waals surface area (Å²) in [4.78, 5) is 37.4. The Hall–Kier alpha value is -3.75. The molecular formula is C39H58N6O7S. The average Bonchev–Trinajstić information content (AvgIpc) is 3.55. The molecule has 13 nitrogen and oxygen atoms in total. The van der Waals surface area contributed by atoms with E-state index in [1.54, 1.807) is 6.20 Å². The molecule has 3 aromatic rings. The number of nitrogens with zero attached hydrogens (tertiary/aromatic N) is 4. The topological polar surface area (TPSA) is 154 Å². The van der Waals surface area contributed by atoms with Gasteiger partial charge in [0.2, 0.25) is 5.95 Å². The molecule has 2 N–H and O–H groups in total. The Morgan fingerprint density at radius 2 is 1.77 bits per heavy atom. The second-order valence-corrected chi connectivity index (χ2v) is 17.9. The fourth-order valence-electron chi connectivity index (χ4n) is 7.21. The van der Waals surface area contributed by atoms with Crippen molar-refractivity contribution in [3.8, 4) is 11.6 Å². The van der Waals surface area contributed by atoms with Gasteiger partial charge in [-0.1, -0.05) is 26.3 Å². The van der Waals surface area contributed by atoms with Crippen LogP contribution in [0.5, 0.6) is 5.75 Å². The predicted octanol–water partition coefficient (Wildman–Crippen LogP) is 5.31. The molecule has 2 fully saturated rings. The molecule has 1 aliphatic heterocycles. The SMILES string of the molecule is CC[C@@H](C)[C@@H](NCC(=O)OC(C)(C)C)C(=O)OC1CCN(C2CCC(Nc3nccc(-n4ccc5c(OCCCS(C)(=O)=O)cccc54)n3)CC2)CC1. The van der Waals surface area contributed by atoms with Crippen LogP contribution in [0.2, 0.25) is 0 Å². The number of carbonyl (C=O) groups excluding carboxylic acids is 2. The lowest BCUT2D eigenvalue weighted by molar-refractivity contribution is -0.157. The molecule has 14 heteroatoms. The average molecular weight is 755 g/mol. The highest BCUT2D eigenvalue weighted by Crippen LogP contribution is 2.30. The third-order valence-electron chi connectivity index (χ3n) is 10.2. The van der Waals surface area contributed by atoms with E-state index in [0.717, 1.165) is 74.8 Å². The first-order valence-electron chi connectivity index (χ1n) is 19.1. The number of hydrogen-bond acceptors (Lipinski definition) is 12. The van der Waals surface area contributed by atoms with E-state index >= 15 is 0 Å². The van der Waals surface area contributed by atoms with Gasteiger partial charge in [0, 0.05) is 49.2 Å². The number of esters is 2. The number of hydrogen-bond donors (Lipinski definition) is 2. The van der Waals surface area contributed by atoms with Crippen LogP contribution in [0.3, 0.4) is 0 Å². The molecule has 2 aliphatic rings. The van der Waals surface area contributed by atoms with Crippen molar-refractivity contribution in [1.29, 1.82) is 0 Å². The van der Waals surface area contributed by atoms with E-state index in [1.165, 1.54) is 6.26 Å². The maximum Gasteiger partial charge on any atom is 0.323 e. The van der Waals surface area contributed by atoms with Crippen molar-refractivity contribution in [3.63, 3.8) is 0 Å². The van der Waals surface area contributed by atoms with Gasteiger partial charge in [0.25, 0.3) is 0 Å². The number of carbonyl (C=O) groups is 2. The first-order chi connectivity index (χ1) is 25.2. The smallest absolute Gasteiger partial charge is 0.323 e. The normalized spacial score (nSPS) is 20.1. The molecule has 0 radical (unpaired) electrons. The lowest BCUT2D eigenvalue weighted by atomic mass is 9.89. The summed E-state index contributed by atoms with van der Waals surface area (Å²) in [6.07, 6.45) is 11.8. The van der Waals surface area contributed by atoms with E-state index < -0.39 is 21.5 Å². The molecule has 1 saturated heterocycles. The lowest BCUT2D eigenvalue weighted by Gasteiger charge is -2.41. The monoisotopic (exact) mass is 754 g/mol. The fraction of sp³-hybridized carbons (Fsp3) is 0.641. The Bertz CT molecular complexity index is 1780. The van der Waals surface area contributed by atoms with Gasteiger partial charge in [-0.3, -0.25) is 14.9 Å². The van der Waals surface area contributed by atoms with Gasteiger partial charge in [-0.05, 0) is 95.9 Å². The summed E-state index contributed by atoms with van der Waals surface area (Å²) in [5.74, 6) is 1.51. The first kappa shape index (κ1) is 40.4. The van der Waals surface area contributed by atoms with Gasteiger partial charge < -0.3 is 29.0 Å². The Morgan fingerprint density at radius 3 is 2.45 bits per heavy atom. The van der Waals surface area contributed by atoms with Crippen LogP contribution in [0.4, 0.5) is 5.95 Å². The Kier molecular flexibility index (Phi) is 13.8. The number of nitrogens with one attached hydrogen (secondary N) is 2. The van der Waals surface area contributed by atoms with Crippen molar-refractivity contribution >= 4 is 38.6 Å². The number of piperidine rings is 1. The van der Waals surface area contributed by atoms with E-state index in [-0.39, 0.29) is 42.3 Å². The van der Waals surface area contributed by atoms with Crippen molar-refractivity contribution in [2.75, 3.05) is 43.6 Å². The van der Waals surface area contributed by atoms with E-state index in [9.17, 15) is 18.0 Å². The van der Waals surface area contributed by atoms with E-state index in [2.05, 4.69) is 20.5 Å². The maximum atomic E-state index is 13.2. The highest BCUT2D eigenvalue weighted by molar-refractivity contribution is 7.90. The van der Waals surface area contributed by atoms with Crippen molar-refractivity contribution in [2.45, 2.75) is 116 Å². The largest absolute Gasteiger partial charge is 0.493 e. The van der Waals surface area contributed by atoms with E-state index in [4.69, 9.17) is 19.2 Å². The van der Waals surface area contributed by atoms with Gasteiger partial charge in [-0.25, -0.2) is 13.4 Å². The molecule has 292 valence electrons. The third-order valence-corrected chi connectivity index (χ3v) is 11.2. The summed E-state index contributed by atoms with van der Waals surface area (Å²) >= 11 is 0. The zero-order valence-electron chi connectivity index (χ0n) is 32.2. The molecule has 0 unspecified atom stereocenters. The van der Waals surface area contributed by atoms with Crippen LogP contribution >= 0.6 is 0 Å². The molecule has 0 bridgehead atoms. The highest BCUT2D eigenvalue weighted by atomic mass is 32.2. The first-order valence-corrected chi connectivity index (χ1v) is 21.2. The number of rotatable bonds is 16. The molecular weight excluding hydrogens is 697 g/mol. The van der Waals surface area contributed by atoms with Crippen LogP contribution in [0, 0.1) is 5.92 Å². The Labute approximate surface area is 314 Å². The number of aromatic nitrogens is 3. The summed E-state index contributed by atoms with van der Waals surface area (Å²) in [5.41, 5.74) is 0.366. The summed E-state index contributed by atoms with van der Waals surface area (Å²) in [6, 6.07) is 9.92. The van der Waals surface area contributed by atoms with Gasteiger partial charge in [0.05, 0.1) is 24.4 Å². The minimum absolute atomic E-state index is 0.0246. The van der Waals surface area contributed by atoms with Crippen LogP contribution in [-0.2, 0) is 28.9 Å². The summed E-state index contributed by atoms with van der Waals surface area (Å²) in [5, 5.41) is 7.61. The number of sulfone groups is 1. The second kappa shape index (κ2) is 18.1. The van der Waals surface area contributed by atoms with E-state index in [1.807, 2.05) is 75.7 Å². The molecule has 53 heavy (non-hydrogen) atoms.